The lowest BCUT2D eigenvalue weighted by Gasteiger charge is -2.26. The fourth-order valence-corrected chi connectivity index (χ4v) is 4.11. The van der Waals surface area contributed by atoms with E-state index >= 15 is 0 Å². The molecule has 0 bridgehead atoms. The molecule has 0 atom stereocenters. The van der Waals surface area contributed by atoms with Crippen LogP contribution in [0.2, 0.25) is 0 Å². The van der Waals surface area contributed by atoms with Crippen LogP contribution in [0.15, 0.2) is 35.4 Å². The zero-order chi connectivity index (χ0) is 15.7. The largest absolute Gasteiger partial charge is 0.314 e. The summed E-state index contributed by atoms with van der Waals surface area (Å²) in [6, 6.07) is 5.55. The molecule has 0 unspecified atom stereocenters. The lowest BCUT2D eigenvalue weighted by molar-refractivity contribution is -0.383. The number of aromatic nitrogens is 1. The summed E-state index contributed by atoms with van der Waals surface area (Å²) in [6.07, 6.45) is 1.43. The van der Waals surface area contributed by atoms with Gasteiger partial charge in [-0.1, -0.05) is 0 Å². The number of nitrogens with one attached hydrogen (secondary N) is 1. The number of pyridine rings is 1. The standard InChI is InChI=1S/C13H14N4O4S.ClH/c18-17(19)11-3-4-12(13-10(11)2-1-5-15-13)22(20,21)16-8-6-14-7-9-16;/h1-5,14H,6-9H2;1H. The summed E-state index contributed by atoms with van der Waals surface area (Å²) in [5.74, 6) is 0. The van der Waals surface area contributed by atoms with Gasteiger partial charge in [-0.3, -0.25) is 15.1 Å². The summed E-state index contributed by atoms with van der Waals surface area (Å²) in [5.41, 5.74) is -0.0161. The Morgan fingerprint density at radius 3 is 2.57 bits per heavy atom. The number of hydrogen-bond acceptors (Lipinski definition) is 6. The van der Waals surface area contributed by atoms with Crippen molar-refractivity contribution in [3.05, 3.63) is 40.6 Å². The summed E-state index contributed by atoms with van der Waals surface area (Å²) >= 11 is 0. The summed E-state index contributed by atoms with van der Waals surface area (Å²) in [6.45, 7) is 1.90. The molecule has 0 spiro atoms. The van der Waals surface area contributed by atoms with Crippen LogP contribution in [0.5, 0.6) is 0 Å². The van der Waals surface area contributed by atoms with Gasteiger partial charge in [0.05, 0.1) is 15.8 Å². The molecule has 1 aromatic heterocycles. The maximum Gasteiger partial charge on any atom is 0.278 e. The second-order valence-corrected chi connectivity index (χ2v) is 6.80. The molecule has 3 rings (SSSR count). The average Bonchev–Trinajstić information content (AvgIpc) is 2.54. The first-order valence-electron chi connectivity index (χ1n) is 6.75. The Morgan fingerprint density at radius 2 is 1.91 bits per heavy atom. The van der Waals surface area contributed by atoms with Crippen molar-refractivity contribution in [2.75, 3.05) is 26.2 Å². The summed E-state index contributed by atoms with van der Waals surface area (Å²) in [5, 5.41) is 14.4. The third-order valence-electron chi connectivity index (χ3n) is 3.60. The second kappa shape index (κ2) is 6.75. The number of nitrogens with zero attached hydrogens (tertiary/aromatic N) is 3. The van der Waals surface area contributed by atoms with Gasteiger partial charge in [-0.2, -0.15) is 4.31 Å². The number of rotatable bonds is 3. The molecule has 1 aromatic carbocycles. The van der Waals surface area contributed by atoms with Crippen LogP contribution in [0, 0.1) is 10.1 Å². The van der Waals surface area contributed by atoms with Gasteiger partial charge in [0.2, 0.25) is 10.0 Å². The van der Waals surface area contributed by atoms with Gasteiger partial charge in [0.15, 0.2) is 0 Å². The Kier molecular flexibility index (Phi) is 5.15. The molecular weight excluding hydrogens is 344 g/mol. The van der Waals surface area contributed by atoms with Crippen molar-refractivity contribution in [1.82, 2.24) is 14.6 Å². The fraction of sp³-hybridized carbons (Fsp3) is 0.308. The van der Waals surface area contributed by atoms with Crippen molar-refractivity contribution in [2.45, 2.75) is 4.90 Å². The highest BCUT2D eigenvalue weighted by Crippen LogP contribution is 2.30. The van der Waals surface area contributed by atoms with Gasteiger partial charge < -0.3 is 5.32 Å². The average molecular weight is 359 g/mol. The Labute approximate surface area is 139 Å². The Balaban J connectivity index is 0.00000192. The zero-order valence-electron chi connectivity index (χ0n) is 12.0. The van der Waals surface area contributed by atoms with Gasteiger partial charge in [-0.25, -0.2) is 8.42 Å². The van der Waals surface area contributed by atoms with E-state index in [1.54, 1.807) is 6.07 Å². The molecule has 124 valence electrons. The number of non-ortho nitro benzene ring substituents is 1. The molecule has 1 aliphatic heterocycles. The summed E-state index contributed by atoms with van der Waals surface area (Å²) in [4.78, 5) is 14.6. The van der Waals surface area contributed by atoms with Gasteiger partial charge in [0, 0.05) is 38.4 Å². The lowest BCUT2D eigenvalue weighted by Crippen LogP contribution is -2.46. The molecule has 0 saturated carbocycles. The Hall–Kier alpha value is -1.81. The fourth-order valence-electron chi connectivity index (χ4n) is 2.52. The van der Waals surface area contributed by atoms with Gasteiger partial charge in [0.25, 0.3) is 5.69 Å². The molecule has 23 heavy (non-hydrogen) atoms. The predicted molar refractivity (Wildman–Crippen MR) is 87.3 cm³/mol. The van der Waals surface area contributed by atoms with Crippen LogP contribution in [0.1, 0.15) is 0 Å². The van der Waals surface area contributed by atoms with Gasteiger partial charge in [-0.15, -0.1) is 12.4 Å². The van der Waals surface area contributed by atoms with Gasteiger partial charge in [0.1, 0.15) is 4.90 Å². The van der Waals surface area contributed by atoms with Gasteiger partial charge in [-0.05, 0) is 18.2 Å². The van der Waals surface area contributed by atoms with Crippen molar-refractivity contribution in [1.29, 1.82) is 0 Å². The highest BCUT2D eigenvalue weighted by atomic mass is 35.5. The lowest BCUT2D eigenvalue weighted by atomic mass is 10.2. The first-order valence-corrected chi connectivity index (χ1v) is 8.19. The van der Waals surface area contributed by atoms with Crippen LogP contribution in [-0.4, -0.2) is 48.8 Å². The molecule has 1 saturated heterocycles. The molecular formula is C13H15ClN4O4S. The predicted octanol–water partition coefficient (Wildman–Crippen LogP) is 1.16. The molecule has 0 amide bonds. The molecule has 1 aliphatic rings. The Bertz CT molecular complexity index is 837. The number of piperazine rings is 1. The number of benzene rings is 1. The minimum Gasteiger partial charge on any atom is -0.314 e. The van der Waals surface area contributed by atoms with E-state index in [0.717, 1.165) is 0 Å². The van der Waals surface area contributed by atoms with Crippen LogP contribution < -0.4 is 5.32 Å². The zero-order valence-corrected chi connectivity index (χ0v) is 13.6. The van der Waals surface area contributed by atoms with Crippen molar-refractivity contribution in [3.8, 4) is 0 Å². The molecule has 1 fully saturated rings. The maximum atomic E-state index is 12.8. The van der Waals surface area contributed by atoms with Crippen LogP contribution in [-0.2, 0) is 10.0 Å². The number of nitro groups is 1. The maximum absolute atomic E-state index is 12.8. The molecule has 2 aromatic rings. The van der Waals surface area contributed by atoms with Crippen LogP contribution in [0.4, 0.5) is 5.69 Å². The minimum atomic E-state index is -3.72. The van der Waals surface area contributed by atoms with E-state index in [-0.39, 0.29) is 33.9 Å². The molecule has 0 aliphatic carbocycles. The molecule has 1 N–H and O–H groups in total. The van der Waals surface area contributed by atoms with E-state index < -0.39 is 14.9 Å². The summed E-state index contributed by atoms with van der Waals surface area (Å²) < 4.78 is 26.9. The van der Waals surface area contributed by atoms with Crippen molar-refractivity contribution < 1.29 is 13.3 Å². The van der Waals surface area contributed by atoms with Gasteiger partial charge >= 0.3 is 0 Å². The number of halogens is 1. The molecule has 10 heteroatoms. The van der Waals surface area contributed by atoms with Crippen LogP contribution in [0.25, 0.3) is 10.9 Å². The van der Waals surface area contributed by atoms with E-state index in [9.17, 15) is 18.5 Å². The number of nitro benzene ring substituents is 1. The monoisotopic (exact) mass is 358 g/mol. The normalized spacial score (nSPS) is 16.0. The number of fused-ring (bicyclic) bond motifs is 1. The van der Waals surface area contributed by atoms with Crippen LogP contribution in [0.3, 0.4) is 0 Å². The van der Waals surface area contributed by atoms with E-state index in [1.807, 2.05) is 0 Å². The minimum absolute atomic E-state index is 0. The molecule has 0 radical (unpaired) electrons. The van der Waals surface area contributed by atoms with E-state index in [2.05, 4.69) is 10.3 Å². The molecule has 8 nitrogen and oxygen atoms in total. The van der Waals surface area contributed by atoms with Crippen molar-refractivity contribution in [2.24, 2.45) is 0 Å². The quantitative estimate of drug-likeness (QED) is 0.652. The highest BCUT2D eigenvalue weighted by Gasteiger charge is 2.29. The first-order chi connectivity index (χ1) is 10.5. The Morgan fingerprint density at radius 1 is 1.22 bits per heavy atom. The number of hydrogen-bond donors (Lipinski definition) is 1. The first kappa shape index (κ1) is 17.5. The van der Waals surface area contributed by atoms with E-state index in [0.29, 0.717) is 26.2 Å². The topological polar surface area (TPSA) is 105 Å². The van der Waals surface area contributed by atoms with E-state index in [1.165, 1.54) is 28.7 Å². The molecule has 2 heterocycles. The third kappa shape index (κ3) is 3.13. The van der Waals surface area contributed by atoms with Crippen molar-refractivity contribution in [3.63, 3.8) is 0 Å². The highest BCUT2D eigenvalue weighted by molar-refractivity contribution is 7.89. The van der Waals surface area contributed by atoms with Crippen LogP contribution >= 0.6 is 12.4 Å². The van der Waals surface area contributed by atoms with Crippen molar-refractivity contribution >= 4 is 39.0 Å². The summed E-state index contributed by atoms with van der Waals surface area (Å²) in [7, 11) is -3.72. The smallest absolute Gasteiger partial charge is 0.278 e. The third-order valence-corrected chi connectivity index (χ3v) is 5.53. The SMILES string of the molecule is Cl.O=[N+]([O-])c1ccc(S(=O)(=O)N2CCNCC2)c2ncccc12. The second-order valence-electron chi connectivity index (χ2n) is 4.89. The van der Waals surface area contributed by atoms with E-state index in [4.69, 9.17) is 0 Å². The number of sulfonamides is 1.